The molecule has 1 aliphatic heterocycles. The van der Waals surface area contributed by atoms with Gasteiger partial charge >= 0.3 is 0 Å². The molecular weight excluding hydrogens is 140 g/mol. The summed E-state index contributed by atoms with van der Waals surface area (Å²) < 4.78 is 0.474. The van der Waals surface area contributed by atoms with Gasteiger partial charge in [0.2, 0.25) is 0 Å². The van der Waals surface area contributed by atoms with E-state index >= 15 is 0 Å². The van der Waals surface area contributed by atoms with Crippen LogP contribution in [0.5, 0.6) is 0 Å². The van der Waals surface area contributed by atoms with Crippen LogP contribution < -0.4 is 0 Å². The van der Waals surface area contributed by atoms with Crippen molar-refractivity contribution in [3.05, 3.63) is 35.8 Å². The van der Waals surface area contributed by atoms with Crippen LogP contribution in [0.15, 0.2) is 35.8 Å². The number of hydrogen-bond acceptors (Lipinski definition) is 1. The predicted octanol–water partition coefficient (Wildman–Crippen LogP) is 2.50. The fourth-order valence-electron chi connectivity index (χ4n) is 1.97. The normalized spacial score (nSPS) is 52.8. The summed E-state index contributed by atoms with van der Waals surface area (Å²) in [5.41, 5.74) is 0.451. The van der Waals surface area contributed by atoms with E-state index in [1.54, 1.807) is 0 Å². The van der Waals surface area contributed by atoms with Gasteiger partial charge in [0.15, 0.2) is 0 Å². The molecule has 0 aromatic heterocycles. The Morgan fingerprint density at radius 2 is 2.00 bits per heavy atom. The molecule has 0 aromatic carbocycles. The molecule has 3 rings (SSSR count). The van der Waals surface area contributed by atoms with Crippen molar-refractivity contribution >= 4 is 11.8 Å². The van der Waals surface area contributed by atoms with Crippen LogP contribution in [0.1, 0.15) is 6.42 Å². The van der Waals surface area contributed by atoms with E-state index < -0.39 is 0 Å². The molecule has 1 saturated carbocycles. The molecule has 0 nitrogen and oxygen atoms in total. The van der Waals surface area contributed by atoms with Crippen molar-refractivity contribution in [3.8, 4) is 0 Å². The summed E-state index contributed by atoms with van der Waals surface area (Å²) in [6.07, 6.45) is 12.7. The minimum atomic E-state index is 0.451. The molecule has 1 heterocycles. The summed E-state index contributed by atoms with van der Waals surface area (Å²) in [5, 5.41) is 2.24. The molecule has 50 valence electrons. The van der Waals surface area contributed by atoms with E-state index in [2.05, 4.69) is 35.8 Å². The van der Waals surface area contributed by atoms with Crippen LogP contribution >= 0.6 is 11.8 Å². The second-order valence-electron chi connectivity index (χ2n) is 3.25. The number of rotatable bonds is 0. The van der Waals surface area contributed by atoms with Crippen molar-refractivity contribution in [2.75, 3.05) is 0 Å². The molecule has 3 aliphatic rings. The molecule has 0 N–H and O–H groups in total. The molecule has 0 aromatic rings. The highest BCUT2D eigenvalue weighted by Crippen LogP contribution is 2.72. The van der Waals surface area contributed by atoms with Gasteiger partial charge in [0, 0.05) is 5.41 Å². The fraction of sp³-hybridized carbons (Fsp3) is 0.333. The Labute approximate surface area is 64.7 Å². The first-order valence-corrected chi connectivity index (χ1v) is 4.48. The molecule has 0 saturated heterocycles. The van der Waals surface area contributed by atoms with Gasteiger partial charge in [-0.25, -0.2) is 0 Å². The largest absolute Gasteiger partial charge is 0.122 e. The molecule has 2 aliphatic carbocycles. The Morgan fingerprint density at radius 1 is 1.10 bits per heavy atom. The molecule has 0 amide bonds. The summed E-state index contributed by atoms with van der Waals surface area (Å²) in [7, 11) is 0. The first-order chi connectivity index (χ1) is 4.87. The molecule has 2 atom stereocenters. The minimum Gasteiger partial charge on any atom is -0.122 e. The summed E-state index contributed by atoms with van der Waals surface area (Å²) >= 11 is 1.97. The van der Waals surface area contributed by atoms with Crippen molar-refractivity contribution in [1.29, 1.82) is 0 Å². The van der Waals surface area contributed by atoms with Crippen molar-refractivity contribution in [2.45, 2.75) is 11.2 Å². The number of allylic oxidation sites excluding steroid dienone is 4. The van der Waals surface area contributed by atoms with Crippen LogP contribution in [0, 0.1) is 5.41 Å². The van der Waals surface area contributed by atoms with Gasteiger partial charge in [-0.1, -0.05) is 30.4 Å². The third kappa shape index (κ3) is 0.374. The van der Waals surface area contributed by atoms with E-state index in [0.717, 1.165) is 0 Å². The summed E-state index contributed by atoms with van der Waals surface area (Å²) in [5.74, 6) is 0. The molecule has 1 fully saturated rings. The Bertz CT molecular complexity index is 274. The van der Waals surface area contributed by atoms with Crippen LogP contribution in [0.4, 0.5) is 0 Å². The number of thioether (sulfide) groups is 1. The third-order valence-electron chi connectivity index (χ3n) is 2.73. The molecule has 1 heteroatoms. The smallest absolute Gasteiger partial charge is 0.0521 e. The van der Waals surface area contributed by atoms with E-state index in [4.69, 9.17) is 0 Å². The van der Waals surface area contributed by atoms with Crippen LogP contribution in [0.3, 0.4) is 0 Å². The van der Waals surface area contributed by atoms with Gasteiger partial charge in [-0.15, -0.1) is 11.8 Å². The van der Waals surface area contributed by atoms with E-state index in [-0.39, 0.29) is 0 Å². The second-order valence-corrected chi connectivity index (χ2v) is 4.48. The van der Waals surface area contributed by atoms with E-state index in [9.17, 15) is 0 Å². The van der Waals surface area contributed by atoms with Gasteiger partial charge in [0.25, 0.3) is 0 Å². The van der Waals surface area contributed by atoms with E-state index in [1.807, 2.05) is 11.8 Å². The Kier molecular flexibility index (Phi) is 0.673. The van der Waals surface area contributed by atoms with Crippen LogP contribution in [0.25, 0.3) is 0 Å². The monoisotopic (exact) mass is 148 g/mol. The standard InChI is InChI=1S/C9H8S/c1-2-4-9-7-8(9,3-1)5-6-10-9/h1-6H,7H2/t8-,9+/m0/s1. The molecule has 0 unspecified atom stereocenters. The minimum absolute atomic E-state index is 0.451. The average molecular weight is 148 g/mol. The first kappa shape index (κ1) is 5.25. The van der Waals surface area contributed by atoms with Gasteiger partial charge in [0.1, 0.15) is 0 Å². The maximum absolute atomic E-state index is 2.34. The molecular formula is C9H8S. The Balaban J connectivity index is 2.20. The lowest BCUT2D eigenvalue weighted by Crippen LogP contribution is -2.07. The van der Waals surface area contributed by atoms with Crippen LogP contribution in [0.2, 0.25) is 0 Å². The van der Waals surface area contributed by atoms with Crippen LogP contribution in [-0.2, 0) is 0 Å². The predicted molar refractivity (Wildman–Crippen MR) is 44.8 cm³/mol. The highest BCUT2D eigenvalue weighted by Gasteiger charge is 2.66. The zero-order valence-electron chi connectivity index (χ0n) is 5.58. The van der Waals surface area contributed by atoms with E-state index in [1.165, 1.54) is 6.42 Å². The molecule has 0 radical (unpaired) electrons. The summed E-state index contributed by atoms with van der Waals surface area (Å²) in [6, 6.07) is 0. The SMILES string of the molecule is C1=C[C@@]23C=CS[C@]2(C=C1)C3. The van der Waals surface area contributed by atoms with Gasteiger partial charge in [-0.2, -0.15) is 0 Å². The van der Waals surface area contributed by atoms with Crippen molar-refractivity contribution in [1.82, 2.24) is 0 Å². The fourth-order valence-corrected chi connectivity index (χ4v) is 3.35. The lowest BCUT2D eigenvalue weighted by atomic mass is 10.00. The third-order valence-corrected chi connectivity index (χ3v) is 4.09. The summed E-state index contributed by atoms with van der Waals surface area (Å²) in [6.45, 7) is 0. The second kappa shape index (κ2) is 1.28. The lowest BCUT2D eigenvalue weighted by molar-refractivity contribution is 0.821. The highest BCUT2D eigenvalue weighted by molar-refractivity contribution is 8.04. The Hall–Kier alpha value is -0.430. The van der Waals surface area contributed by atoms with Gasteiger partial charge < -0.3 is 0 Å². The molecule has 0 bridgehead atoms. The molecule has 10 heavy (non-hydrogen) atoms. The zero-order chi connectivity index (χ0) is 6.66. The van der Waals surface area contributed by atoms with Crippen molar-refractivity contribution < 1.29 is 0 Å². The maximum Gasteiger partial charge on any atom is 0.0521 e. The highest BCUT2D eigenvalue weighted by atomic mass is 32.2. The Morgan fingerprint density at radius 3 is 2.90 bits per heavy atom. The van der Waals surface area contributed by atoms with Crippen molar-refractivity contribution in [3.63, 3.8) is 0 Å². The van der Waals surface area contributed by atoms with E-state index in [0.29, 0.717) is 10.2 Å². The average Bonchev–Trinajstić information content (AvgIpc) is 2.47. The summed E-state index contributed by atoms with van der Waals surface area (Å²) in [4.78, 5) is 0. The first-order valence-electron chi connectivity index (χ1n) is 3.60. The van der Waals surface area contributed by atoms with Gasteiger partial charge in [-0.3, -0.25) is 0 Å². The lowest BCUT2D eigenvalue weighted by Gasteiger charge is -2.11. The molecule has 0 spiro atoms. The topological polar surface area (TPSA) is 0 Å². The maximum atomic E-state index is 2.34. The number of hydrogen-bond donors (Lipinski definition) is 0. The van der Waals surface area contributed by atoms with Gasteiger partial charge in [0.05, 0.1) is 4.75 Å². The zero-order valence-corrected chi connectivity index (χ0v) is 6.40. The van der Waals surface area contributed by atoms with Crippen molar-refractivity contribution in [2.24, 2.45) is 5.41 Å². The quantitative estimate of drug-likeness (QED) is 0.508. The van der Waals surface area contributed by atoms with Gasteiger partial charge in [-0.05, 0) is 11.8 Å². The van der Waals surface area contributed by atoms with Crippen LogP contribution in [-0.4, -0.2) is 4.75 Å².